The number of hydrogen-bond donors (Lipinski definition) is 1. The summed E-state index contributed by atoms with van der Waals surface area (Å²) in [6.07, 6.45) is 0.346. The normalized spacial score (nSPS) is 12.6. The van der Waals surface area contributed by atoms with Gasteiger partial charge in [-0.2, -0.15) is 5.10 Å². The Morgan fingerprint density at radius 1 is 1.26 bits per heavy atom. The van der Waals surface area contributed by atoms with Gasteiger partial charge >= 0.3 is 0 Å². The molecule has 0 radical (unpaired) electrons. The number of nitrogens with zero attached hydrogens (tertiary/aromatic N) is 3. The van der Waals surface area contributed by atoms with Crippen molar-refractivity contribution in [3.05, 3.63) is 51.8 Å². The highest BCUT2D eigenvalue weighted by molar-refractivity contribution is 6.31. The minimum Gasteiger partial charge on any atom is -0.354 e. The molecule has 5 nitrogen and oxygen atoms in total. The molecule has 0 saturated heterocycles. The van der Waals surface area contributed by atoms with Crippen molar-refractivity contribution in [3.8, 4) is 0 Å². The van der Waals surface area contributed by atoms with E-state index in [1.807, 2.05) is 56.9 Å². The molecule has 0 saturated carbocycles. The Morgan fingerprint density at radius 3 is 2.52 bits per heavy atom. The molecule has 0 fully saturated rings. The van der Waals surface area contributed by atoms with Crippen LogP contribution in [0.25, 0.3) is 0 Å². The summed E-state index contributed by atoms with van der Waals surface area (Å²) in [6, 6.07) is 7.79. The van der Waals surface area contributed by atoms with Gasteiger partial charge in [-0.05, 0) is 45.5 Å². The first kappa shape index (κ1) is 21.5. The highest BCUT2D eigenvalue weighted by Crippen LogP contribution is 2.25. The highest BCUT2D eigenvalue weighted by Gasteiger charge is 2.19. The van der Waals surface area contributed by atoms with E-state index in [2.05, 4.69) is 29.2 Å². The zero-order valence-corrected chi connectivity index (χ0v) is 18.0. The summed E-state index contributed by atoms with van der Waals surface area (Å²) in [5.74, 6) is 0.519. The SMILES string of the molecule is Cc1nn(CC(C)C)c(C)c1CC(=O)NCC(c1ccccc1Cl)N(C)C. The number of benzene rings is 1. The molecule has 1 heterocycles. The van der Waals surface area contributed by atoms with Crippen molar-refractivity contribution in [2.24, 2.45) is 5.92 Å². The molecule has 2 rings (SSSR count). The van der Waals surface area contributed by atoms with Gasteiger partial charge in [-0.3, -0.25) is 9.48 Å². The molecule has 148 valence electrons. The van der Waals surface area contributed by atoms with Gasteiger partial charge in [0.25, 0.3) is 0 Å². The first-order valence-electron chi connectivity index (χ1n) is 9.41. The predicted octanol–water partition coefficient (Wildman–Crippen LogP) is 3.77. The van der Waals surface area contributed by atoms with Gasteiger partial charge in [0.15, 0.2) is 0 Å². The quantitative estimate of drug-likeness (QED) is 0.746. The standard InChI is InChI=1S/C21H31ClN4O/c1-14(2)13-26-16(4)18(15(3)24-26)11-21(27)23-12-20(25(5)6)17-9-7-8-10-19(17)22/h7-10,14,20H,11-13H2,1-6H3,(H,23,27). The lowest BCUT2D eigenvalue weighted by molar-refractivity contribution is -0.120. The molecule has 0 aliphatic heterocycles. The van der Waals surface area contributed by atoms with Gasteiger partial charge in [0.2, 0.25) is 5.91 Å². The van der Waals surface area contributed by atoms with E-state index in [0.717, 1.165) is 29.1 Å². The summed E-state index contributed by atoms with van der Waals surface area (Å²) in [4.78, 5) is 14.7. The Morgan fingerprint density at radius 2 is 1.93 bits per heavy atom. The number of halogens is 1. The average molecular weight is 391 g/mol. The second-order valence-corrected chi connectivity index (χ2v) is 8.11. The van der Waals surface area contributed by atoms with Crippen LogP contribution in [0.2, 0.25) is 5.02 Å². The lowest BCUT2D eigenvalue weighted by Crippen LogP contribution is -2.35. The summed E-state index contributed by atoms with van der Waals surface area (Å²) < 4.78 is 2.01. The molecule has 6 heteroatoms. The highest BCUT2D eigenvalue weighted by atomic mass is 35.5. The number of carbonyl (C=O) groups excluding carboxylic acids is 1. The van der Waals surface area contributed by atoms with Gasteiger partial charge in [0.1, 0.15) is 0 Å². The smallest absolute Gasteiger partial charge is 0.224 e. The van der Waals surface area contributed by atoms with Crippen LogP contribution in [0.15, 0.2) is 24.3 Å². The number of nitrogens with one attached hydrogen (secondary N) is 1. The summed E-state index contributed by atoms with van der Waals surface area (Å²) >= 11 is 6.34. The van der Waals surface area contributed by atoms with Crippen molar-refractivity contribution in [2.45, 2.75) is 46.7 Å². The van der Waals surface area contributed by atoms with Gasteiger partial charge in [0, 0.05) is 29.4 Å². The fraction of sp³-hybridized carbons (Fsp3) is 0.524. The molecule has 1 amide bonds. The third kappa shape index (κ3) is 5.56. The lowest BCUT2D eigenvalue weighted by atomic mass is 10.1. The second-order valence-electron chi connectivity index (χ2n) is 7.71. The van der Waals surface area contributed by atoms with Crippen molar-refractivity contribution in [3.63, 3.8) is 0 Å². The summed E-state index contributed by atoms with van der Waals surface area (Å²) in [6.45, 7) is 9.71. The van der Waals surface area contributed by atoms with Gasteiger partial charge in [-0.15, -0.1) is 0 Å². The monoisotopic (exact) mass is 390 g/mol. The third-order valence-corrected chi connectivity index (χ3v) is 5.13. The second kappa shape index (κ2) is 9.38. The maximum Gasteiger partial charge on any atom is 0.224 e. The minimum absolute atomic E-state index is 0.00389. The van der Waals surface area contributed by atoms with Crippen LogP contribution in [-0.2, 0) is 17.8 Å². The molecular weight excluding hydrogens is 360 g/mol. The number of likely N-dealkylation sites (N-methyl/N-ethyl adjacent to an activating group) is 1. The topological polar surface area (TPSA) is 50.2 Å². The average Bonchev–Trinajstić information content (AvgIpc) is 2.83. The number of amides is 1. The zero-order valence-electron chi connectivity index (χ0n) is 17.2. The van der Waals surface area contributed by atoms with E-state index in [0.29, 0.717) is 23.9 Å². The van der Waals surface area contributed by atoms with E-state index in [1.165, 1.54) is 0 Å². The fourth-order valence-electron chi connectivity index (χ4n) is 3.26. The van der Waals surface area contributed by atoms with Crippen LogP contribution in [0, 0.1) is 19.8 Å². The minimum atomic E-state index is 0.00389. The largest absolute Gasteiger partial charge is 0.354 e. The Balaban J connectivity index is 2.05. The predicted molar refractivity (Wildman–Crippen MR) is 111 cm³/mol. The van der Waals surface area contributed by atoms with E-state index in [-0.39, 0.29) is 11.9 Å². The first-order chi connectivity index (χ1) is 12.7. The number of carbonyl (C=O) groups is 1. The Kier molecular flexibility index (Phi) is 7.45. The fourth-order valence-corrected chi connectivity index (χ4v) is 3.52. The molecule has 27 heavy (non-hydrogen) atoms. The number of aryl methyl sites for hydroxylation is 1. The maximum absolute atomic E-state index is 12.6. The van der Waals surface area contributed by atoms with Crippen LogP contribution in [0.3, 0.4) is 0 Å². The Labute approximate surface area is 167 Å². The number of aromatic nitrogens is 2. The van der Waals surface area contributed by atoms with Crippen LogP contribution >= 0.6 is 11.6 Å². The zero-order chi connectivity index (χ0) is 20.1. The van der Waals surface area contributed by atoms with Crippen LogP contribution in [0.4, 0.5) is 0 Å². The molecule has 0 aliphatic carbocycles. The number of rotatable bonds is 8. The van der Waals surface area contributed by atoms with Gasteiger partial charge < -0.3 is 10.2 Å². The lowest BCUT2D eigenvalue weighted by Gasteiger charge is -2.26. The van der Waals surface area contributed by atoms with Crippen LogP contribution in [-0.4, -0.2) is 41.2 Å². The van der Waals surface area contributed by atoms with Gasteiger partial charge in [-0.1, -0.05) is 43.6 Å². The van der Waals surface area contributed by atoms with Crippen LogP contribution < -0.4 is 5.32 Å². The molecule has 1 unspecified atom stereocenters. The Bertz CT molecular complexity index is 782. The van der Waals surface area contributed by atoms with Crippen molar-refractivity contribution in [1.82, 2.24) is 20.0 Å². The Hall–Kier alpha value is -1.85. The van der Waals surface area contributed by atoms with Crippen molar-refractivity contribution < 1.29 is 4.79 Å². The summed E-state index contributed by atoms with van der Waals surface area (Å²) in [5, 5.41) is 8.38. The molecule has 1 atom stereocenters. The molecule has 0 aliphatic rings. The van der Waals surface area contributed by atoms with Crippen molar-refractivity contribution in [2.75, 3.05) is 20.6 Å². The van der Waals surface area contributed by atoms with Crippen molar-refractivity contribution >= 4 is 17.5 Å². The third-order valence-electron chi connectivity index (χ3n) is 4.79. The molecule has 0 bridgehead atoms. The molecule has 0 spiro atoms. The maximum atomic E-state index is 12.6. The van der Waals surface area contributed by atoms with Gasteiger partial charge in [-0.25, -0.2) is 0 Å². The molecule has 1 aromatic heterocycles. The molecular formula is C21H31ClN4O. The first-order valence-corrected chi connectivity index (χ1v) is 9.79. The molecule has 2 aromatic rings. The van der Waals surface area contributed by atoms with E-state index in [9.17, 15) is 4.79 Å². The van der Waals surface area contributed by atoms with E-state index < -0.39 is 0 Å². The molecule has 1 aromatic carbocycles. The van der Waals surface area contributed by atoms with E-state index in [1.54, 1.807) is 0 Å². The molecule has 1 N–H and O–H groups in total. The summed E-state index contributed by atoms with van der Waals surface area (Å²) in [5.41, 5.74) is 4.04. The number of hydrogen-bond acceptors (Lipinski definition) is 3. The van der Waals surface area contributed by atoms with E-state index in [4.69, 9.17) is 11.6 Å². The van der Waals surface area contributed by atoms with Crippen LogP contribution in [0.1, 0.15) is 42.4 Å². The van der Waals surface area contributed by atoms with E-state index >= 15 is 0 Å². The summed E-state index contributed by atoms with van der Waals surface area (Å²) in [7, 11) is 3.98. The van der Waals surface area contributed by atoms with Gasteiger partial charge in [0.05, 0.1) is 18.2 Å². The van der Waals surface area contributed by atoms with Crippen LogP contribution in [0.5, 0.6) is 0 Å². The van der Waals surface area contributed by atoms with Crippen molar-refractivity contribution in [1.29, 1.82) is 0 Å².